The van der Waals surface area contributed by atoms with E-state index < -0.39 is 0 Å². The fraction of sp³-hybridized carbons (Fsp3) is 0.0909. The first-order valence-electron chi connectivity index (χ1n) is 4.95. The second kappa shape index (κ2) is 4.74. The summed E-state index contributed by atoms with van der Waals surface area (Å²) < 4.78 is 1.00. The summed E-state index contributed by atoms with van der Waals surface area (Å²) in [7, 11) is 0. The average molecular weight is 342 g/mol. The number of nitrogens with two attached hydrogens (primary N) is 1. The fourth-order valence-electron chi connectivity index (χ4n) is 1.34. The van der Waals surface area contributed by atoms with Crippen molar-refractivity contribution in [3.63, 3.8) is 0 Å². The standard InChI is InChI=1S/C11H11IN4O/c1-6-9(13)10(16-15-6)14-11(17)7-3-2-4-8(12)5-7/h2-5H,13H2,1H3,(H2,14,15,16,17). The number of H-pyrrole nitrogens is 1. The van der Waals surface area contributed by atoms with Crippen LogP contribution in [0.15, 0.2) is 24.3 Å². The highest BCUT2D eigenvalue weighted by Gasteiger charge is 2.11. The van der Waals surface area contributed by atoms with Crippen molar-refractivity contribution in [2.24, 2.45) is 0 Å². The number of anilines is 2. The van der Waals surface area contributed by atoms with Crippen LogP contribution in [0.3, 0.4) is 0 Å². The number of aromatic nitrogens is 2. The van der Waals surface area contributed by atoms with E-state index in [1.165, 1.54) is 0 Å². The van der Waals surface area contributed by atoms with E-state index >= 15 is 0 Å². The maximum Gasteiger partial charge on any atom is 0.256 e. The fourth-order valence-corrected chi connectivity index (χ4v) is 1.89. The predicted molar refractivity (Wildman–Crippen MR) is 74.8 cm³/mol. The minimum Gasteiger partial charge on any atom is -0.394 e. The molecule has 0 spiro atoms. The number of hydrogen-bond donors (Lipinski definition) is 3. The van der Waals surface area contributed by atoms with E-state index in [0.717, 1.165) is 9.26 Å². The Morgan fingerprint density at radius 1 is 1.53 bits per heavy atom. The van der Waals surface area contributed by atoms with Gasteiger partial charge in [-0.2, -0.15) is 5.10 Å². The Morgan fingerprint density at radius 2 is 2.29 bits per heavy atom. The normalized spacial score (nSPS) is 10.2. The van der Waals surface area contributed by atoms with Crippen LogP contribution in [-0.4, -0.2) is 16.1 Å². The van der Waals surface area contributed by atoms with E-state index in [0.29, 0.717) is 17.1 Å². The van der Waals surface area contributed by atoms with Gasteiger partial charge in [-0.25, -0.2) is 0 Å². The summed E-state index contributed by atoms with van der Waals surface area (Å²) in [6.07, 6.45) is 0. The van der Waals surface area contributed by atoms with Crippen LogP contribution >= 0.6 is 22.6 Å². The Bertz CT molecular complexity index is 564. The molecule has 1 aromatic carbocycles. The van der Waals surface area contributed by atoms with Gasteiger partial charge in [-0.15, -0.1) is 0 Å². The van der Waals surface area contributed by atoms with E-state index in [-0.39, 0.29) is 5.91 Å². The van der Waals surface area contributed by atoms with Crippen molar-refractivity contribution in [3.05, 3.63) is 39.1 Å². The number of carbonyl (C=O) groups excluding carboxylic acids is 1. The first-order chi connectivity index (χ1) is 8.08. The molecule has 2 rings (SSSR count). The van der Waals surface area contributed by atoms with Crippen molar-refractivity contribution in [1.82, 2.24) is 10.2 Å². The van der Waals surface area contributed by atoms with Crippen LogP contribution in [0.25, 0.3) is 0 Å². The van der Waals surface area contributed by atoms with Crippen LogP contribution in [0.4, 0.5) is 11.5 Å². The number of halogens is 1. The zero-order chi connectivity index (χ0) is 12.4. The molecule has 17 heavy (non-hydrogen) atoms. The molecule has 5 nitrogen and oxygen atoms in total. The Labute approximate surface area is 112 Å². The molecule has 6 heteroatoms. The third-order valence-corrected chi connectivity index (χ3v) is 2.98. The molecule has 0 radical (unpaired) electrons. The van der Waals surface area contributed by atoms with Gasteiger partial charge in [0.25, 0.3) is 5.91 Å². The zero-order valence-electron chi connectivity index (χ0n) is 9.12. The summed E-state index contributed by atoms with van der Waals surface area (Å²) in [4.78, 5) is 11.9. The minimum atomic E-state index is -0.221. The molecule has 1 aromatic heterocycles. The lowest BCUT2D eigenvalue weighted by molar-refractivity contribution is 0.102. The lowest BCUT2D eigenvalue weighted by Gasteiger charge is -2.03. The van der Waals surface area contributed by atoms with Gasteiger partial charge in [-0.3, -0.25) is 9.89 Å². The number of rotatable bonds is 2. The molecule has 0 fully saturated rings. The Balaban J connectivity index is 2.20. The SMILES string of the molecule is Cc1[nH]nc(NC(=O)c2cccc(I)c2)c1N. The molecule has 0 bridgehead atoms. The third-order valence-electron chi connectivity index (χ3n) is 2.31. The first kappa shape index (κ1) is 11.9. The van der Waals surface area contributed by atoms with Crippen LogP contribution in [0.2, 0.25) is 0 Å². The van der Waals surface area contributed by atoms with Gasteiger partial charge in [-0.05, 0) is 47.7 Å². The molecule has 0 unspecified atom stereocenters. The lowest BCUT2D eigenvalue weighted by Crippen LogP contribution is -2.13. The Morgan fingerprint density at radius 3 is 2.88 bits per heavy atom. The largest absolute Gasteiger partial charge is 0.394 e. The quantitative estimate of drug-likeness (QED) is 0.732. The van der Waals surface area contributed by atoms with Crippen LogP contribution < -0.4 is 11.1 Å². The average Bonchev–Trinajstić information content (AvgIpc) is 2.61. The molecule has 88 valence electrons. The Kier molecular flexibility index (Phi) is 3.32. The summed E-state index contributed by atoms with van der Waals surface area (Å²) in [5.41, 5.74) is 7.53. The van der Waals surface area contributed by atoms with Gasteiger partial charge in [0.2, 0.25) is 0 Å². The highest BCUT2D eigenvalue weighted by atomic mass is 127. The zero-order valence-corrected chi connectivity index (χ0v) is 11.3. The van der Waals surface area contributed by atoms with Crippen LogP contribution in [0.1, 0.15) is 16.1 Å². The molecule has 0 saturated heterocycles. The number of aromatic amines is 1. The third kappa shape index (κ3) is 2.57. The number of nitrogens with zero attached hydrogens (tertiary/aromatic N) is 1. The first-order valence-corrected chi connectivity index (χ1v) is 6.03. The molecule has 0 aliphatic heterocycles. The summed E-state index contributed by atoms with van der Waals surface area (Å²) in [5.74, 6) is 0.146. The van der Waals surface area contributed by atoms with E-state index in [1.54, 1.807) is 19.1 Å². The van der Waals surface area contributed by atoms with Gasteiger partial charge < -0.3 is 11.1 Å². The number of hydrogen-bond acceptors (Lipinski definition) is 3. The molecular formula is C11H11IN4O. The monoisotopic (exact) mass is 342 g/mol. The van der Waals surface area contributed by atoms with Crippen molar-refractivity contribution < 1.29 is 4.79 Å². The van der Waals surface area contributed by atoms with Crippen molar-refractivity contribution in [2.45, 2.75) is 6.92 Å². The maximum absolute atomic E-state index is 11.9. The van der Waals surface area contributed by atoms with Crippen LogP contribution in [-0.2, 0) is 0 Å². The number of nitrogen functional groups attached to an aromatic ring is 1. The molecule has 0 aliphatic rings. The summed E-state index contributed by atoms with van der Waals surface area (Å²) in [6, 6.07) is 7.29. The van der Waals surface area contributed by atoms with E-state index in [4.69, 9.17) is 5.73 Å². The highest BCUT2D eigenvalue weighted by molar-refractivity contribution is 14.1. The van der Waals surface area contributed by atoms with E-state index in [1.807, 2.05) is 12.1 Å². The number of carbonyl (C=O) groups is 1. The van der Waals surface area contributed by atoms with Crippen molar-refractivity contribution >= 4 is 40.0 Å². The summed E-state index contributed by atoms with van der Waals surface area (Å²) in [5, 5.41) is 9.30. The molecule has 0 atom stereocenters. The number of aryl methyl sites for hydroxylation is 1. The van der Waals surface area contributed by atoms with E-state index in [9.17, 15) is 4.79 Å². The van der Waals surface area contributed by atoms with Crippen LogP contribution in [0, 0.1) is 10.5 Å². The van der Waals surface area contributed by atoms with Gasteiger partial charge in [0.1, 0.15) is 0 Å². The Hall–Kier alpha value is -1.57. The smallest absolute Gasteiger partial charge is 0.256 e. The molecule has 1 heterocycles. The molecule has 0 saturated carbocycles. The molecule has 2 aromatic rings. The van der Waals surface area contributed by atoms with Crippen molar-refractivity contribution in [2.75, 3.05) is 11.1 Å². The molecule has 4 N–H and O–H groups in total. The second-order valence-electron chi connectivity index (χ2n) is 3.58. The van der Waals surface area contributed by atoms with Gasteiger partial charge in [-0.1, -0.05) is 6.07 Å². The molecule has 0 aliphatic carbocycles. The maximum atomic E-state index is 11.9. The molecule has 1 amide bonds. The second-order valence-corrected chi connectivity index (χ2v) is 4.82. The highest BCUT2D eigenvalue weighted by Crippen LogP contribution is 2.19. The van der Waals surface area contributed by atoms with Crippen molar-refractivity contribution in [1.29, 1.82) is 0 Å². The number of benzene rings is 1. The molecular weight excluding hydrogens is 331 g/mol. The summed E-state index contributed by atoms with van der Waals surface area (Å²) in [6.45, 7) is 1.80. The lowest BCUT2D eigenvalue weighted by atomic mass is 10.2. The van der Waals surface area contributed by atoms with Crippen molar-refractivity contribution in [3.8, 4) is 0 Å². The van der Waals surface area contributed by atoms with E-state index in [2.05, 4.69) is 38.1 Å². The predicted octanol–water partition coefficient (Wildman–Crippen LogP) is 2.16. The van der Waals surface area contributed by atoms with Crippen LogP contribution in [0.5, 0.6) is 0 Å². The van der Waals surface area contributed by atoms with Gasteiger partial charge in [0, 0.05) is 9.13 Å². The van der Waals surface area contributed by atoms with Gasteiger partial charge >= 0.3 is 0 Å². The van der Waals surface area contributed by atoms with Gasteiger partial charge in [0.15, 0.2) is 5.82 Å². The number of amides is 1. The van der Waals surface area contributed by atoms with Gasteiger partial charge in [0.05, 0.1) is 11.4 Å². The summed E-state index contributed by atoms with van der Waals surface area (Å²) >= 11 is 2.15. The topological polar surface area (TPSA) is 83.8 Å². The number of nitrogens with one attached hydrogen (secondary N) is 2. The minimum absolute atomic E-state index is 0.221.